The summed E-state index contributed by atoms with van der Waals surface area (Å²) in [6.45, 7) is 12.6. The van der Waals surface area contributed by atoms with Gasteiger partial charge in [-0.3, -0.25) is 9.59 Å². The third-order valence-electron chi connectivity index (χ3n) is 9.10. The molecule has 7 atom stereocenters. The first-order chi connectivity index (χ1) is 12.1. The molecular formula is C22H30O4. The summed E-state index contributed by atoms with van der Waals surface area (Å²) in [6, 6.07) is 0. The molecule has 4 saturated carbocycles. The molecule has 2 bridgehead atoms. The van der Waals surface area contributed by atoms with Crippen molar-refractivity contribution in [3.05, 3.63) is 12.2 Å². The minimum atomic E-state index is -0.465. The van der Waals surface area contributed by atoms with E-state index in [9.17, 15) is 9.59 Å². The fourth-order valence-electron chi connectivity index (χ4n) is 8.12. The predicted octanol–water partition coefficient (Wildman–Crippen LogP) is 3.83. The summed E-state index contributed by atoms with van der Waals surface area (Å²) in [6.07, 6.45) is 5.54. The van der Waals surface area contributed by atoms with E-state index in [-0.39, 0.29) is 40.7 Å². The van der Waals surface area contributed by atoms with Crippen molar-refractivity contribution in [2.24, 2.45) is 28.1 Å². The lowest BCUT2D eigenvalue weighted by atomic mass is 9.39. The number of ketones is 1. The molecule has 0 aromatic carbocycles. The van der Waals surface area contributed by atoms with Gasteiger partial charge in [0.25, 0.3) is 0 Å². The molecule has 0 aromatic heterocycles. The van der Waals surface area contributed by atoms with Gasteiger partial charge in [0.15, 0.2) is 5.78 Å². The number of fused-ring (bicyclic) bond motifs is 2. The minimum Gasteiger partial charge on any atom is -0.462 e. The lowest BCUT2D eigenvalue weighted by Gasteiger charge is -2.63. The molecular weight excluding hydrogens is 328 g/mol. The van der Waals surface area contributed by atoms with Crippen LogP contribution in [0.1, 0.15) is 66.2 Å². The summed E-state index contributed by atoms with van der Waals surface area (Å²) in [4.78, 5) is 25.3. The van der Waals surface area contributed by atoms with Crippen LogP contribution in [-0.2, 0) is 19.1 Å². The number of carbonyl (C=O) groups excluding carboxylic acids is 2. The molecule has 4 heteroatoms. The summed E-state index contributed by atoms with van der Waals surface area (Å²) in [5, 5.41) is 0. The van der Waals surface area contributed by atoms with Crippen LogP contribution in [0.2, 0.25) is 0 Å². The standard InChI is InChI=1S/C22H30O4/c1-12-14-10-17-22(26-17)20(5)15(6-9-21(22,11-14)18(12)24)19(3,4)8-7-16(20)25-13(2)23/h14-17H,1,6-11H2,2-5H3/t14-,15-,16+,17-,20+,21+,22+/m1/s1. The van der Waals surface area contributed by atoms with Gasteiger partial charge in [-0.25, -0.2) is 0 Å². The molecule has 26 heavy (non-hydrogen) atoms. The molecule has 0 radical (unpaired) electrons. The Morgan fingerprint density at radius 1 is 1.23 bits per heavy atom. The van der Waals surface area contributed by atoms with Crippen molar-refractivity contribution in [1.82, 2.24) is 0 Å². The second-order valence-electron chi connectivity index (χ2n) is 10.4. The normalized spacial score (nSPS) is 53.4. The number of allylic oxidation sites excluding steroid dienone is 1. The average Bonchev–Trinajstić information content (AvgIpc) is 3.26. The van der Waals surface area contributed by atoms with Crippen LogP contribution in [0.25, 0.3) is 0 Å². The van der Waals surface area contributed by atoms with Crippen LogP contribution in [-0.4, -0.2) is 29.6 Å². The van der Waals surface area contributed by atoms with Gasteiger partial charge < -0.3 is 9.47 Å². The van der Waals surface area contributed by atoms with Gasteiger partial charge in [-0.05, 0) is 61.3 Å². The molecule has 4 nitrogen and oxygen atoms in total. The van der Waals surface area contributed by atoms with Crippen LogP contribution in [0.4, 0.5) is 0 Å². The van der Waals surface area contributed by atoms with Crippen LogP contribution in [0.15, 0.2) is 12.2 Å². The molecule has 4 aliphatic carbocycles. The maximum Gasteiger partial charge on any atom is 0.302 e. The van der Waals surface area contributed by atoms with E-state index in [1.165, 1.54) is 6.92 Å². The molecule has 5 fully saturated rings. The van der Waals surface area contributed by atoms with E-state index in [0.717, 1.165) is 44.1 Å². The third kappa shape index (κ3) is 1.59. The van der Waals surface area contributed by atoms with E-state index in [1.54, 1.807) is 0 Å². The van der Waals surface area contributed by atoms with Gasteiger partial charge >= 0.3 is 5.97 Å². The topological polar surface area (TPSA) is 55.9 Å². The van der Waals surface area contributed by atoms with Crippen molar-refractivity contribution in [3.63, 3.8) is 0 Å². The Bertz CT molecular complexity index is 738. The molecule has 1 saturated heterocycles. The first-order valence-electron chi connectivity index (χ1n) is 10.2. The van der Waals surface area contributed by atoms with E-state index in [1.807, 2.05) is 0 Å². The summed E-state index contributed by atoms with van der Waals surface area (Å²) < 4.78 is 12.4. The van der Waals surface area contributed by atoms with Crippen molar-refractivity contribution < 1.29 is 19.1 Å². The van der Waals surface area contributed by atoms with Gasteiger partial charge in [0.05, 0.1) is 11.5 Å². The third-order valence-corrected chi connectivity index (χ3v) is 9.10. The van der Waals surface area contributed by atoms with Crippen LogP contribution < -0.4 is 0 Å². The minimum absolute atomic E-state index is 0.115. The number of carbonyl (C=O) groups is 2. The first-order valence-corrected chi connectivity index (χ1v) is 10.2. The first kappa shape index (κ1) is 17.0. The van der Waals surface area contributed by atoms with Gasteiger partial charge in [-0.15, -0.1) is 0 Å². The van der Waals surface area contributed by atoms with E-state index in [0.29, 0.717) is 5.92 Å². The Labute approximate surface area is 155 Å². The zero-order chi connectivity index (χ0) is 18.7. The lowest BCUT2D eigenvalue weighted by molar-refractivity contribution is -0.215. The summed E-state index contributed by atoms with van der Waals surface area (Å²) in [7, 11) is 0. The van der Waals surface area contributed by atoms with Crippen LogP contribution in [0, 0.1) is 28.1 Å². The Kier molecular flexibility index (Phi) is 3.02. The fraction of sp³-hybridized carbons (Fsp3) is 0.818. The molecule has 0 amide bonds. The van der Waals surface area contributed by atoms with Crippen LogP contribution in [0.5, 0.6) is 0 Å². The van der Waals surface area contributed by atoms with Gasteiger partial charge in [-0.1, -0.05) is 27.4 Å². The number of ether oxygens (including phenoxy) is 2. The molecule has 0 N–H and O–H groups in total. The number of rotatable bonds is 1. The molecule has 1 heterocycles. The maximum atomic E-state index is 13.4. The van der Waals surface area contributed by atoms with Gasteiger partial charge in [0.2, 0.25) is 0 Å². The van der Waals surface area contributed by atoms with Crippen molar-refractivity contribution in [3.8, 4) is 0 Å². The van der Waals surface area contributed by atoms with E-state index in [4.69, 9.17) is 9.47 Å². The monoisotopic (exact) mass is 358 g/mol. The molecule has 5 rings (SSSR count). The molecule has 0 unspecified atom stereocenters. The summed E-state index contributed by atoms with van der Waals surface area (Å²) in [5.74, 6) is 0.694. The number of hydrogen-bond acceptors (Lipinski definition) is 4. The van der Waals surface area contributed by atoms with Gasteiger partial charge in [0, 0.05) is 12.3 Å². The Balaban J connectivity index is 1.69. The van der Waals surface area contributed by atoms with Crippen molar-refractivity contribution in [2.75, 3.05) is 0 Å². The number of hydrogen-bond donors (Lipinski definition) is 0. The van der Waals surface area contributed by atoms with Crippen LogP contribution in [0.3, 0.4) is 0 Å². The second-order valence-corrected chi connectivity index (χ2v) is 10.4. The largest absolute Gasteiger partial charge is 0.462 e. The highest BCUT2D eigenvalue weighted by Crippen LogP contribution is 2.80. The highest BCUT2D eigenvalue weighted by atomic mass is 16.6. The highest BCUT2D eigenvalue weighted by molar-refractivity contribution is 6.04. The van der Waals surface area contributed by atoms with Crippen LogP contribution >= 0.6 is 0 Å². The van der Waals surface area contributed by atoms with E-state index >= 15 is 0 Å². The smallest absolute Gasteiger partial charge is 0.302 e. The second kappa shape index (κ2) is 4.63. The van der Waals surface area contributed by atoms with Crippen molar-refractivity contribution >= 4 is 11.8 Å². The van der Waals surface area contributed by atoms with E-state index < -0.39 is 11.0 Å². The molecule has 5 aliphatic rings. The predicted molar refractivity (Wildman–Crippen MR) is 96.3 cm³/mol. The van der Waals surface area contributed by atoms with E-state index in [2.05, 4.69) is 27.4 Å². The maximum absolute atomic E-state index is 13.4. The number of esters is 1. The average molecular weight is 358 g/mol. The molecule has 142 valence electrons. The SMILES string of the molecule is C=C1C(=O)[C@@]23CC[C@@H]4C(C)(C)CC[C@H](OC(C)=O)[C@@]4(C)[C@]24O[C@@H]4C[C@@H]1C3. The number of epoxide rings is 1. The summed E-state index contributed by atoms with van der Waals surface area (Å²) >= 11 is 0. The zero-order valence-corrected chi connectivity index (χ0v) is 16.4. The van der Waals surface area contributed by atoms with Gasteiger partial charge in [0.1, 0.15) is 11.7 Å². The molecule has 1 aliphatic heterocycles. The fourth-order valence-corrected chi connectivity index (χ4v) is 8.12. The zero-order valence-electron chi connectivity index (χ0n) is 16.4. The van der Waals surface area contributed by atoms with Gasteiger partial charge in [-0.2, -0.15) is 0 Å². The Morgan fingerprint density at radius 3 is 2.65 bits per heavy atom. The van der Waals surface area contributed by atoms with Crippen molar-refractivity contribution in [1.29, 1.82) is 0 Å². The highest BCUT2D eigenvalue weighted by Gasteiger charge is 2.87. The summed E-state index contributed by atoms with van der Waals surface area (Å²) in [5.41, 5.74) is -0.230. The lowest BCUT2D eigenvalue weighted by Crippen LogP contribution is -2.69. The molecule has 0 aromatic rings. The quantitative estimate of drug-likeness (QED) is 0.406. The molecule has 2 spiro atoms. The number of Topliss-reactive ketones (excluding diaryl/α,β-unsaturated/α-hetero) is 1. The Hall–Kier alpha value is -1.16. The Morgan fingerprint density at radius 2 is 1.96 bits per heavy atom. The van der Waals surface area contributed by atoms with Crippen molar-refractivity contribution in [2.45, 2.75) is 84.0 Å².